The second-order valence-corrected chi connectivity index (χ2v) is 7.63. The molecule has 2 aliphatic heterocycles. The number of hydrogen-bond donors (Lipinski definition) is 4. The summed E-state index contributed by atoms with van der Waals surface area (Å²) in [6.07, 6.45) is 1.22. The zero-order chi connectivity index (χ0) is 18.8. The van der Waals surface area contributed by atoms with Crippen molar-refractivity contribution in [2.45, 2.75) is 24.8 Å². The van der Waals surface area contributed by atoms with Crippen LogP contribution in [-0.4, -0.2) is 11.7 Å². The van der Waals surface area contributed by atoms with Crippen LogP contribution in [0, 0.1) is 5.92 Å². The van der Waals surface area contributed by atoms with Crippen molar-refractivity contribution in [1.29, 1.82) is 0 Å². The van der Waals surface area contributed by atoms with Crippen molar-refractivity contribution in [3.8, 4) is 0 Å². The van der Waals surface area contributed by atoms with Crippen LogP contribution in [0.3, 0.4) is 0 Å². The molecule has 2 heterocycles. The summed E-state index contributed by atoms with van der Waals surface area (Å²) in [5, 5.41) is 8.64. The molecule has 0 unspecified atom stereocenters. The normalized spacial score (nSPS) is 24.6. The lowest BCUT2D eigenvalue weighted by atomic mass is 9.76. The second kappa shape index (κ2) is 7.76. The highest BCUT2D eigenvalue weighted by molar-refractivity contribution is 6.30. The van der Waals surface area contributed by atoms with Crippen LogP contribution in [0.25, 0.3) is 0 Å². The molecule has 0 saturated carbocycles. The molecule has 140 valence electrons. The van der Waals surface area contributed by atoms with E-state index < -0.39 is 0 Å². The Morgan fingerprint density at radius 3 is 2.56 bits per heavy atom. The van der Waals surface area contributed by atoms with Crippen LogP contribution < -0.4 is 21.8 Å². The minimum absolute atomic E-state index is 0.0182. The number of carbonyl (C=O) groups excluding carboxylic acids is 1. The average molecular weight is 404 g/mol. The molecule has 0 radical (unpaired) electrons. The monoisotopic (exact) mass is 403 g/mol. The number of amidine groups is 1. The Labute approximate surface area is 167 Å². The smallest absolute Gasteiger partial charge is 0.224 e. The van der Waals surface area contributed by atoms with E-state index in [9.17, 15) is 4.79 Å². The van der Waals surface area contributed by atoms with Crippen molar-refractivity contribution >= 4 is 34.9 Å². The Morgan fingerprint density at radius 2 is 1.85 bits per heavy atom. The molecule has 1 saturated heterocycles. The number of piperidine rings is 1. The summed E-state index contributed by atoms with van der Waals surface area (Å²) < 4.78 is 0. The molecule has 2 aromatic carbocycles. The number of hydrazine groups is 2. The number of benzene rings is 2. The van der Waals surface area contributed by atoms with E-state index in [4.69, 9.17) is 23.2 Å². The van der Waals surface area contributed by atoms with Crippen molar-refractivity contribution in [3.63, 3.8) is 0 Å². The standard InChI is InChI=1S/C19H19Cl2N5O/c20-14-6-4-11(5-7-14)18-16(12-2-1-3-15(21)8-12)9-13(19(27)22-18)10-17-23-25-26-24-17/h1-8,13,16,18,25-26H,9-10H2,(H,22,27)(H,23,24)/t13-,16+,18+/m0/s1. The van der Waals surface area contributed by atoms with E-state index in [1.807, 2.05) is 42.5 Å². The molecule has 6 nitrogen and oxygen atoms in total. The fourth-order valence-corrected chi connectivity index (χ4v) is 4.03. The largest absolute Gasteiger partial charge is 0.348 e. The van der Waals surface area contributed by atoms with Gasteiger partial charge in [-0.15, -0.1) is 10.6 Å². The quantitative estimate of drug-likeness (QED) is 0.631. The van der Waals surface area contributed by atoms with E-state index >= 15 is 0 Å². The van der Waals surface area contributed by atoms with Crippen LogP contribution >= 0.6 is 23.2 Å². The zero-order valence-electron chi connectivity index (χ0n) is 14.4. The summed E-state index contributed by atoms with van der Waals surface area (Å²) in [6, 6.07) is 15.3. The van der Waals surface area contributed by atoms with Crippen molar-refractivity contribution in [1.82, 2.24) is 21.8 Å². The van der Waals surface area contributed by atoms with Gasteiger partial charge in [-0.3, -0.25) is 10.2 Å². The van der Waals surface area contributed by atoms with E-state index in [0.29, 0.717) is 28.7 Å². The molecule has 2 aliphatic rings. The third-order valence-electron chi connectivity index (χ3n) is 5.01. The number of amides is 1. The molecule has 27 heavy (non-hydrogen) atoms. The van der Waals surface area contributed by atoms with Crippen molar-refractivity contribution in [2.24, 2.45) is 11.0 Å². The van der Waals surface area contributed by atoms with Gasteiger partial charge in [-0.25, -0.2) is 5.53 Å². The van der Waals surface area contributed by atoms with Gasteiger partial charge in [-0.2, -0.15) is 0 Å². The number of hydrogen-bond acceptors (Lipinski definition) is 5. The topological polar surface area (TPSA) is 77.5 Å². The molecule has 3 atom stereocenters. The molecule has 0 aromatic heterocycles. The first-order valence-electron chi connectivity index (χ1n) is 8.74. The maximum atomic E-state index is 12.8. The summed E-state index contributed by atoms with van der Waals surface area (Å²) in [5.74, 6) is 0.635. The summed E-state index contributed by atoms with van der Waals surface area (Å²) >= 11 is 12.3. The van der Waals surface area contributed by atoms with Crippen LogP contribution in [0.2, 0.25) is 10.0 Å². The highest BCUT2D eigenvalue weighted by Gasteiger charge is 2.38. The molecular weight excluding hydrogens is 385 g/mol. The van der Waals surface area contributed by atoms with Gasteiger partial charge in [0, 0.05) is 28.3 Å². The van der Waals surface area contributed by atoms with E-state index in [2.05, 4.69) is 33.0 Å². The third kappa shape index (κ3) is 4.03. The van der Waals surface area contributed by atoms with Crippen molar-refractivity contribution < 1.29 is 4.79 Å². The summed E-state index contributed by atoms with van der Waals surface area (Å²) in [7, 11) is 0. The zero-order valence-corrected chi connectivity index (χ0v) is 15.9. The number of nitrogens with one attached hydrogen (secondary N) is 4. The van der Waals surface area contributed by atoms with Gasteiger partial charge in [0.1, 0.15) is 5.84 Å². The van der Waals surface area contributed by atoms with Crippen LogP contribution in [0.5, 0.6) is 0 Å². The van der Waals surface area contributed by atoms with E-state index in [0.717, 1.165) is 11.1 Å². The third-order valence-corrected chi connectivity index (χ3v) is 5.50. The number of hydrazone groups is 1. The molecule has 0 bridgehead atoms. The highest BCUT2D eigenvalue weighted by atomic mass is 35.5. The van der Waals surface area contributed by atoms with Crippen molar-refractivity contribution in [2.75, 3.05) is 0 Å². The van der Waals surface area contributed by atoms with Gasteiger partial charge in [0.15, 0.2) is 0 Å². The Hall–Kier alpha value is -2.28. The Morgan fingerprint density at radius 1 is 1.04 bits per heavy atom. The Bertz CT molecular complexity index is 871. The fourth-order valence-electron chi connectivity index (χ4n) is 3.70. The first-order chi connectivity index (χ1) is 13.1. The minimum Gasteiger partial charge on any atom is -0.348 e. The maximum absolute atomic E-state index is 12.8. The van der Waals surface area contributed by atoms with E-state index in [1.54, 1.807) is 0 Å². The molecule has 2 aromatic rings. The predicted octanol–water partition coefficient (Wildman–Crippen LogP) is 3.27. The first kappa shape index (κ1) is 18.1. The first-order valence-corrected chi connectivity index (χ1v) is 9.49. The molecule has 4 N–H and O–H groups in total. The van der Waals surface area contributed by atoms with Gasteiger partial charge in [0.05, 0.1) is 6.04 Å². The summed E-state index contributed by atoms with van der Waals surface area (Å²) in [6.45, 7) is 0. The molecule has 1 fully saturated rings. The van der Waals surface area contributed by atoms with Gasteiger partial charge < -0.3 is 5.32 Å². The van der Waals surface area contributed by atoms with Crippen molar-refractivity contribution in [3.05, 3.63) is 69.7 Å². The second-order valence-electron chi connectivity index (χ2n) is 6.76. The number of rotatable bonds is 4. The van der Waals surface area contributed by atoms with Gasteiger partial charge in [-0.1, -0.05) is 47.5 Å². The highest BCUT2D eigenvalue weighted by Crippen LogP contribution is 2.41. The molecule has 0 aliphatic carbocycles. The van der Waals surface area contributed by atoms with E-state index in [1.165, 1.54) is 0 Å². The van der Waals surface area contributed by atoms with Gasteiger partial charge in [0.2, 0.25) is 5.91 Å². The SMILES string of the molecule is O=C1N[C@H](c2ccc(Cl)cc2)[C@@H](c2cccc(Cl)c2)C[C@H]1CC1=NNNN1. The lowest BCUT2D eigenvalue weighted by Gasteiger charge is -2.37. The molecular formula is C19H19Cl2N5O. The van der Waals surface area contributed by atoms with Crippen LogP contribution in [0.1, 0.15) is 35.9 Å². The van der Waals surface area contributed by atoms with Crippen LogP contribution in [-0.2, 0) is 4.79 Å². The number of nitrogens with zero attached hydrogens (tertiary/aromatic N) is 1. The Balaban J connectivity index is 1.65. The number of carbonyl (C=O) groups is 1. The van der Waals surface area contributed by atoms with Gasteiger partial charge >= 0.3 is 0 Å². The van der Waals surface area contributed by atoms with Gasteiger partial charge in [-0.05, 0) is 41.8 Å². The molecule has 1 amide bonds. The molecule has 8 heteroatoms. The van der Waals surface area contributed by atoms with E-state index in [-0.39, 0.29) is 23.8 Å². The summed E-state index contributed by atoms with van der Waals surface area (Å²) in [4.78, 5) is 12.8. The lowest BCUT2D eigenvalue weighted by molar-refractivity contribution is -0.128. The van der Waals surface area contributed by atoms with Gasteiger partial charge in [0.25, 0.3) is 0 Å². The lowest BCUT2D eigenvalue weighted by Crippen LogP contribution is -2.45. The fraction of sp³-hybridized carbons (Fsp3) is 0.263. The molecule has 0 spiro atoms. The summed E-state index contributed by atoms with van der Waals surface area (Å²) in [5.41, 5.74) is 10.4. The molecule has 4 rings (SSSR count). The number of halogens is 2. The maximum Gasteiger partial charge on any atom is 0.224 e. The predicted molar refractivity (Wildman–Crippen MR) is 106 cm³/mol. The van der Waals surface area contributed by atoms with Crippen LogP contribution in [0.15, 0.2) is 53.6 Å². The minimum atomic E-state index is -0.189. The average Bonchev–Trinajstić information content (AvgIpc) is 3.17. The van der Waals surface area contributed by atoms with Crippen LogP contribution in [0.4, 0.5) is 0 Å². The Kier molecular flexibility index (Phi) is 5.20.